The molecule has 62 valence electrons. The van der Waals surface area contributed by atoms with Crippen molar-refractivity contribution in [2.75, 3.05) is 20.0 Å². The molecule has 0 aromatic rings. The van der Waals surface area contributed by atoms with E-state index in [9.17, 15) is 0 Å². The Morgan fingerprint density at radius 2 is 1.33 bits per heavy atom. The first kappa shape index (κ1) is 22.5. The Morgan fingerprint density at radius 1 is 1.33 bits per heavy atom. The third kappa shape index (κ3) is 339. The van der Waals surface area contributed by atoms with Crippen molar-refractivity contribution >= 4 is 24.9 Å². The fraction of sp³-hybridized carbons (Fsp3) is 0.500. The van der Waals surface area contributed by atoms with Crippen molar-refractivity contribution in [1.82, 2.24) is 0 Å². The second kappa shape index (κ2) is 22.9. The van der Waals surface area contributed by atoms with Gasteiger partial charge < -0.3 is 0 Å². The maximum atomic E-state index is 3.25. The summed E-state index contributed by atoms with van der Waals surface area (Å²) in [6.45, 7) is 13.2. The van der Waals surface area contributed by atoms with Gasteiger partial charge in [-0.25, -0.2) is 19.6 Å². The predicted octanol–water partition coefficient (Wildman–Crippen LogP) is 2.94. The van der Waals surface area contributed by atoms with Crippen LogP contribution >= 0.6 is 24.9 Å². The van der Waals surface area contributed by atoms with Crippen LogP contribution in [0.2, 0.25) is 0 Å². The van der Waals surface area contributed by atoms with E-state index in [0.717, 1.165) is 0 Å². The van der Waals surface area contributed by atoms with Crippen LogP contribution in [0.4, 0.5) is 0 Å². The van der Waals surface area contributed by atoms with Crippen LogP contribution in [-0.2, 0) is 20.4 Å². The molecule has 0 heterocycles. The monoisotopic (exact) mass is 303 g/mol. The molecule has 0 fully saturated rings. The van der Waals surface area contributed by atoms with Gasteiger partial charge >= 0.3 is 0 Å². The molecule has 0 rings (SSSR count). The molecule has 0 N–H and O–H groups in total. The molecular formula is C6H15BrPPd-. The van der Waals surface area contributed by atoms with Gasteiger partial charge in [-0.05, 0) is 20.0 Å². The minimum atomic E-state index is 0. The largest absolute Gasteiger partial charge is 0.245 e. The van der Waals surface area contributed by atoms with Gasteiger partial charge in [-0.1, -0.05) is 0 Å². The first-order valence-electron chi connectivity index (χ1n) is 2.16. The molecule has 0 saturated heterocycles. The number of allylic oxidation sites excluding steroid dienone is 1. The molecular weight excluding hydrogens is 289 g/mol. The number of hydrogen-bond donors (Lipinski definition) is 0. The van der Waals surface area contributed by atoms with Crippen LogP contribution in [0.25, 0.3) is 0 Å². The molecule has 0 aromatic heterocycles. The standard InChI is InChI=1S/C3H9P.C3H5.BrH.Pd/c1-4(2)3;1-3-2;;/h1-3H3;3H,1-2H2;1H;/q;-1;;. The SMILES string of the molecule is Br.C=C[CH2-].CP(C)C.[Pd]. The smallest absolute Gasteiger partial charge is 0 e. The third-order valence-electron chi connectivity index (χ3n) is 0. The molecule has 3 heteroatoms. The van der Waals surface area contributed by atoms with E-state index in [2.05, 4.69) is 33.5 Å². The van der Waals surface area contributed by atoms with E-state index in [-0.39, 0.29) is 37.4 Å². The van der Waals surface area contributed by atoms with E-state index in [4.69, 9.17) is 0 Å². The third-order valence-corrected chi connectivity index (χ3v) is 0. The van der Waals surface area contributed by atoms with Crippen LogP contribution in [0, 0.1) is 6.92 Å². The molecule has 0 spiro atoms. The van der Waals surface area contributed by atoms with Crippen molar-refractivity contribution in [2.24, 2.45) is 0 Å². The topological polar surface area (TPSA) is 0 Å². The summed E-state index contributed by atoms with van der Waals surface area (Å²) < 4.78 is 0. The van der Waals surface area contributed by atoms with Gasteiger partial charge in [0.25, 0.3) is 0 Å². The zero-order chi connectivity index (χ0) is 6.28. The average Bonchev–Trinajstić information content (AvgIpc) is 1.33. The summed E-state index contributed by atoms with van der Waals surface area (Å²) in [5.74, 6) is 0. The van der Waals surface area contributed by atoms with Crippen LogP contribution < -0.4 is 0 Å². The van der Waals surface area contributed by atoms with E-state index < -0.39 is 0 Å². The molecule has 0 amide bonds. The van der Waals surface area contributed by atoms with Crippen LogP contribution in [0.5, 0.6) is 0 Å². The van der Waals surface area contributed by atoms with Crippen LogP contribution in [0.3, 0.4) is 0 Å². The zero-order valence-corrected chi connectivity index (χ0v) is 10.3. The Hall–Kier alpha value is 1.18. The molecule has 0 radical (unpaired) electrons. The summed E-state index contributed by atoms with van der Waals surface area (Å²) in [4.78, 5) is 0. The minimum Gasteiger partial charge on any atom is -0.245 e. The van der Waals surface area contributed by atoms with E-state index in [1.807, 2.05) is 0 Å². The van der Waals surface area contributed by atoms with Crippen molar-refractivity contribution in [1.29, 1.82) is 0 Å². The van der Waals surface area contributed by atoms with Gasteiger partial charge in [0.05, 0.1) is 0 Å². The molecule has 0 aliphatic heterocycles. The summed E-state index contributed by atoms with van der Waals surface area (Å²) >= 11 is 0. The van der Waals surface area contributed by atoms with Crippen LogP contribution in [0.15, 0.2) is 12.7 Å². The Balaban J connectivity index is -0.0000000233. The molecule has 9 heavy (non-hydrogen) atoms. The van der Waals surface area contributed by atoms with Gasteiger partial charge in [-0.3, -0.25) is 0 Å². The minimum absolute atomic E-state index is 0. The second-order valence-electron chi connectivity index (χ2n) is 1.63. The molecule has 0 unspecified atom stereocenters. The molecule has 0 aliphatic carbocycles. The van der Waals surface area contributed by atoms with Gasteiger partial charge in [0.1, 0.15) is 0 Å². The Kier molecular flexibility index (Phi) is 57.1. The Bertz CT molecular complexity index is 37.3. The summed E-state index contributed by atoms with van der Waals surface area (Å²) in [6, 6.07) is 0. The number of hydrogen-bond acceptors (Lipinski definition) is 0. The fourth-order valence-corrected chi connectivity index (χ4v) is 0. The number of halogens is 1. The molecule has 0 bridgehead atoms. The first-order valence-corrected chi connectivity index (χ1v) is 4.84. The normalized spacial score (nSPS) is 5.33. The van der Waals surface area contributed by atoms with Crippen molar-refractivity contribution in [3.8, 4) is 0 Å². The van der Waals surface area contributed by atoms with E-state index in [1.165, 1.54) is 6.08 Å². The van der Waals surface area contributed by atoms with Gasteiger partial charge in [-0.2, -0.15) is 0 Å². The molecule has 0 saturated carbocycles. The maximum Gasteiger partial charge on any atom is 0 e. The van der Waals surface area contributed by atoms with E-state index >= 15 is 0 Å². The van der Waals surface area contributed by atoms with Crippen molar-refractivity contribution in [3.05, 3.63) is 19.6 Å². The van der Waals surface area contributed by atoms with Crippen molar-refractivity contribution < 1.29 is 20.4 Å². The summed E-state index contributed by atoms with van der Waals surface area (Å²) in [6.07, 6.45) is 1.50. The molecule has 0 aromatic carbocycles. The first-order chi connectivity index (χ1) is 3.15. The molecule has 0 atom stereocenters. The fourth-order valence-electron chi connectivity index (χ4n) is 0. The van der Waals surface area contributed by atoms with Gasteiger partial charge in [0.2, 0.25) is 0 Å². The maximum absolute atomic E-state index is 3.25. The average molecular weight is 304 g/mol. The quantitative estimate of drug-likeness (QED) is 0.367. The van der Waals surface area contributed by atoms with Gasteiger partial charge in [-0.15, -0.1) is 24.9 Å². The van der Waals surface area contributed by atoms with Crippen molar-refractivity contribution in [3.63, 3.8) is 0 Å². The summed E-state index contributed by atoms with van der Waals surface area (Å²) in [7, 11) is 0.380. The van der Waals surface area contributed by atoms with E-state index in [1.54, 1.807) is 0 Å². The predicted molar refractivity (Wildman–Crippen MR) is 50.6 cm³/mol. The number of rotatable bonds is 0. The second-order valence-corrected chi connectivity index (χ2v) is 4.31. The van der Waals surface area contributed by atoms with Crippen molar-refractivity contribution in [2.45, 2.75) is 0 Å². The molecule has 0 nitrogen and oxygen atoms in total. The van der Waals surface area contributed by atoms with Crippen LogP contribution in [0.1, 0.15) is 0 Å². The zero-order valence-electron chi connectivity index (χ0n) is 6.16. The summed E-state index contributed by atoms with van der Waals surface area (Å²) in [5, 5.41) is 0. The van der Waals surface area contributed by atoms with Gasteiger partial charge in [0, 0.05) is 20.4 Å². The summed E-state index contributed by atoms with van der Waals surface area (Å²) in [5.41, 5.74) is 0. The van der Waals surface area contributed by atoms with Crippen LogP contribution in [-0.4, -0.2) is 20.0 Å². The Morgan fingerprint density at radius 3 is 1.33 bits per heavy atom. The van der Waals surface area contributed by atoms with E-state index in [0.29, 0.717) is 7.92 Å². The Labute approximate surface area is 84.7 Å². The molecule has 0 aliphatic rings. The van der Waals surface area contributed by atoms with Gasteiger partial charge in [0.15, 0.2) is 0 Å².